The first-order chi connectivity index (χ1) is 8.65. The molecule has 0 saturated heterocycles. The van der Waals surface area contributed by atoms with Crippen molar-refractivity contribution < 1.29 is 43.4 Å². The van der Waals surface area contributed by atoms with Crippen molar-refractivity contribution in [2.75, 3.05) is 6.54 Å². The third-order valence-electron chi connectivity index (χ3n) is 2.12. The van der Waals surface area contributed by atoms with E-state index in [9.17, 15) is 0 Å². The predicted octanol–water partition coefficient (Wildman–Crippen LogP) is 0.0809. The second kappa shape index (κ2) is 32.7. The number of rotatable bonds is 6. The van der Waals surface area contributed by atoms with Crippen molar-refractivity contribution in [2.45, 2.75) is 71.5 Å². The fourth-order valence-corrected chi connectivity index (χ4v) is 1.25. The van der Waals surface area contributed by atoms with Crippen molar-refractivity contribution in [2.24, 2.45) is 0 Å². The molecule has 0 bridgehead atoms. The van der Waals surface area contributed by atoms with Gasteiger partial charge in [0, 0.05) is 8.80 Å². The maximum Gasteiger partial charge on any atom is 4.00 e. The minimum atomic E-state index is 0. The third-order valence-corrected chi connectivity index (χ3v) is 2.12. The Morgan fingerprint density at radius 1 is 1.00 bits per heavy atom. The first-order valence-electron chi connectivity index (χ1n) is 7.28. The van der Waals surface area contributed by atoms with Crippen molar-refractivity contribution in [1.29, 1.82) is 0 Å². The molecule has 1 aliphatic rings. The number of unbranched alkanes of at least 4 members (excludes halogenated alkanes) is 5. The van der Waals surface area contributed by atoms with Gasteiger partial charge in [0.25, 0.3) is 0 Å². The monoisotopic (exact) mass is 387 g/mol. The van der Waals surface area contributed by atoms with Gasteiger partial charge in [0.15, 0.2) is 0 Å². The largest absolute Gasteiger partial charge is 4.00 e. The van der Waals surface area contributed by atoms with Gasteiger partial charge in [-0.3, -0.25) is 6.08 Å². The van der Waals surface area contributed by atoms with Crippen LogP contribution in [0.3, 0.4) is 0 Å². The first kappa shape index (κ1) is 33.4. The molecule has 21 heavy (non-hydrogen) atoms. The minimum absolute atomic E-state index is 0. The number of halogens is 2. The van der Waals surface area contributed by atoms with Crippen LogP contribution in [0.1, 0.15) is 51.9 Å². The van der Waals surface area contributed by atoms with E-state index in [2.05, 4.69) is 38.7 Å². The van der Waals surface area contributed by atoms with Gasteiger partial charge < -0.3 is 30.5 Å². The van der Waals surface area contributed by atoms with Gasteiger partial charge in [0.05, 0.1) is 0 Å². The molecule has 1 N–H and O–H groups in total. The van der Waals surface area contributed by atoms with Gasteiger partial charge in [0.2, 0.25) is 0 Å². The zero-order valence-electron chi connectivity index (χ0n) is 14.1. The van der Waals surface area contributed by atoms with Crippen LogP contribution >= 0.6 is 0 Å². The van der Waals surface area contributed by atoms with Crippen molar-refractivity contribution in [3.8, 4) is 0 Å². The summed E-state index contributed by atoms with van der Waals surface area (Å²) in [6.07, 6.45) is 17.8. The van der Waals surface area contributed by atoms with Crippen molar-refractivity contribution in [3.63, 3.8) is 0 Å². The molecule has 0 aromatic rings. The Morgan fingerprint density at radius 2 is 1.48 bits per heavy atom. The second-order valence-corrected chi connectivity index (χ2v) is 8.02. The maximum absolute atomic E-state index is 6.88. The summed E-state index contributed by atoms with van der Waals surface area (Å²) in [7, 11) is 0.120. The summed E-state index contributed by atoms with van der Waals surface area (Å²) in [5, 5.41) is 0. The normalized spacial score (nSPS) is 10.2. The topological polar surface area (TPSA) is 23.8 Å². The average Bonchev–Trinajstić information content (AvgIpc) is 2.87. The Labute approximate surface area is 159 Å². The van der Waals surface area contributed by atoms with Gasteiger partial charge in [-0.15, -0.1) is 6.42 Å². The molecule has 2 radical (unpaired) electrons. The Hall–Kier alpha value is 0.821. The van der Waals surface area contributed by atoms with E-state index in [1.54, 1.807) is 0 Å². The molecule has 0 aromatic carbocycles. The molecule has 0 aliphatic heterocycles. The minimum Gasteiger partial charge on any atom is -1.00 e. The van der Waals surface area contributed by atoms with Crippen LogP contribution in [0.4, 0.5) is 0 Å². The van der Waals surface area contributed by atoms with E-state index in [0.717, 1.165) is 12.8 Å². The fourth-order valence-electron chi connectivity index (χ4n) is 1.25. The van der Waals surface area contributed by atoms with Crippen LogP contribution in [-0.4, -0.2) is 15.3 Å². The predicted molar refractivity (Wildman–Crippen MR) is 87.5 cm³/mol. The van der Waals surface area contributed by atoms with Gasteiger partial charge in [-0.05, 0) is 0 Å². The molecule has 1 aliphatic carbocycles. The van der Waals surface area contributed by atoms with Crippen LogP contribution in [0, 0.1) is 6.08 Å². The quantitative estimate of drug-likeness (QED) is 0.350. The molecule has 124 valence electrons. The Balaban J connectivity index is -0.0000000616. The van der Waals surface area contributed by atoms with Crippen LogP contribution < -0.4 is 24.8 Å². The van der Waals surface area contributed by atoms with Crippen LogP contribution in [0.15, 0.2) is 18.2 Å². The summed E-state index contributed by atoms with van der Waals surface area (Å²) < 4.78 is 0. The molecule has 1 nitrogen and oxygen atoms in total. The van der Waals surface area contributed by atoms with Gasteiger partial charge >= 0.3 is 18.6 Å². The number of nitrogens with one attached hydrogen (secondary N) is 1. The number of hydrogen-bond donors (Lipinski definition) is 0. The molecule has 0 saturated carbocycles. The molecule has 0 atom stereocenters. The molecular weight excluding hydrogens is 356 g/mol. The summed E-state index contributed by atoms with van der Waals surface area (Å²) in [4.78, 5) is 0. The van der Waals surface area contributed by atoms with E-state index in [1.807, 2.05) is 12.2 Å². The molecular formula is C16H32Cl2NSiV. The summed E-state index contributed by atoms with van der Waals surface area (Å²) in [5.41, 5.74) is 6.88. The van der Waals surface area contributed by atoms with Gasteiger partial charge in [-0.2, -0.15) is 12.6 Å². The number of hydrogen-bond acceptors (Lipinski definition) is 0. The summed E-state index contributed by atoms with van der Waals surface area (Å²) in [6.45, 7) is 9.65. The molecule has 0 unspecified atom stereocenters. The van der Waals surface area contributed by atoms with Gasteiger partial charge in [-0.25, -0.2) is 12.2 Å². The zero-order valence-corrected chi connectivity index (χ0v) is 18.0. The standard InChI is InChI=1S/C8H18N.C5H5.C3H9Si.2ClH.V/c1-2-3-4-5-6-7-8-9;1-2-4-5-3-1;1-4(2)3;;;/h9H,2-8H2,1H3;1-3H,4H2;1-3H3;2*1H;/q2*-1;;;;+4/p-2. The van der Waals surface area contributed by atoms with Gasteiger partial charge in [0.1, 0.15) is 0 Å². The molecule has 1 rings (SSSR count). The van der Waals surface area contributed by atoms with Crippen LogP contribution in [0.5, 0.6) is 0 Å². The smallest absolute Gasteiger partial charge is 1.00 e. The molecule has 0 aromatic heterocycles. The van der Waals surface area contributed by atoms with E-state index < -0.39 is 0 Å². The van der Waals surface area contributed by atoms with Gasteiger partial charge in [-0.1, -0.05) is 65.1 Å². The number of allylic oxidation sites excluding steroid dienone is 4. The fraction of sp³-hybridized carbons (Fsp3) is 0.750. The summed E-state index contributed by atoms with van der Waals surface area (Å²) >= 11 is 0. The summed E-state index contributed by atoms with van der Waals surface area (Å²) in [5.74, 6) is 0. The van der Waals surface area contributed by atoms with Crippen LogP contribution in [0.25, 0.3) is 5.73 Å². The van der Waals surface area contributed by atoms with Crippen LogP contribution in [-0.2, 0) is 18.6 Å². The Bertz CT molecular complexity index is 182. The Morgan fingerprint density at radius 3 is 1.76 bits per heavy atom. The summed E-state index contributed by atoms with van der Waals surface area (Å²) in [6, 6.07) is 0. The first-order valence-corrected chi connectivity index (χ1v) is 10.3. The molecule has 5 heteroatoms. The SMILES string of the molecule is CCCCCCCC[NH-].C[Si](C)C.[C-]1=CC=CC1.[Cl-].[Cl-].[V+4]. The van der Waals surface area contributed by atoms with Crippen LogP contribution in [0.2, 0.25) is 19.6 Å². The van der Waals surface area contributed by atoms with Crippen molar-refractivity contribution in [1.82, 2.24) is 0 Å². The average molecular weight is 388 g/mol. The van der Waals surface area contributed by atoms with Crippen molar-refractivity contribution >= 4 is 8.80 Å². The van der Waals surface area contributed by atoms with Crippen molar-refractivity contribution in [3.05, 3.63) is 30.0 Å². The van der Waals surface area contributed by atoms with E-state index in [-0.39, 0.29) is 52.2 Å². The third kappa shape index (κ3) is 52.8. The molecule has 0 fully saturated rings. The maximum atomic E-state index is 6.88. The van der Waals surface area contributed by atoms with E-state index in [4.69, 9.17) is 5.73 Å². The second-order valence-electron chi connectivity index (χ2n) is 5.02. The molecule has 0 amide bonds. The Kier molecular flexibility index (Phi) is 52.0. The zero-order chi connectivity index (χ0) is 14.1. The molecule has 0 spiro atoms. The van der Waals surface area contributed by atoms with E-state index >= 15 is 0 Å². The van der Waals surface area contributed by atoms with E-state index in [1.165, 1.54) is 32.1 Å². The molecule has 0 heterocycles. The van der Waals surface area contributed by atoms with E-state index in [0.29, 0.717) is 6.54 Å².